The fourth-order valence-electron chi connectivity index (χ4n) is 3.55. The minimum absolute atomic E-state index is 0.607. The Morgan fingerprint density at radius 3 is 2.96 bits per heavy atom. The van der Waals surface area contributed by atoms with Crippen LogP contribution in [0.15, 0.2) is 24.3 Å². The smallest absolute Gasteiger partial charge is 0.229 e. The SMILES string of the molecule is CNc1cc(C)nc(Nc2cc3c(c(C4=CCNCCC4)c2)OCC3)n1. The van der Waals surface area contributed by atoms with Crippen molar-refractivity contribution < 1.29 is 4.74 Å². The van der Waals surface area contributed by atoms with Crippen LogP contribution in [0.1, 0.15) is 29.7 Å². The average molecular weight is 351 g/mol. The van der Waals surface area contributed by atoms with E-state index >= 15 is 0 Å². The topological polar surface area (TPSA) is 71.1 Å². The molecule has 2 aliphatic rings. The van der Waals surface area contributed by atoms with E-state index in [-0.39, 0.29) is 0 Å². The number of fused-ring (bicyclic) bond motifs is 1. The highest BCUT2D eigenvalue weighted by Crippen LogP contribution is 2.39. The monoisotopic (exact) mass is 351 g/mol. The van der Waals surface area contributed by atoms with Crippen LogP contribution < -0.4 is 20.7 Å². The van der Waals surface area contributed by atoms with Crippen LogP contribution >= 0.6 is 0 Å². The van der Waals surface area contributed by atoms with Crippen molar-refractivity contribution in [2.75, 3.05) is 37.4 Å². The number of hydrogen-bond donors (Lipinski definition) is 3. The quantitative estimate of drug-likeness (QED) is 0.785. The van der Waals surface area contributed by atoms with Crippen molar-refractivity contribution in [3.05, 3.63) is 41.1 Å². The normalized spacial score (nSPS) is 16.3. The molecule has 6 heteroatoms. The van der Waals surface area contributed by atoms with Crippen molar-refractivity contribution in [3.8, 4) is 5.75 Å². The minimum Gasteiger partial charge on any atom is -0.492 e. The maximum absolute atomic E-state index is 5.95. The summed E-state index contributed by atoms with van der Waals surface area (Å²) in [6.07, 6.45) is 5.44. The number of aryl methyl sites for hydroxylation is 1. The van der Waals surface area contributed by atoms with Gasteiger partial charge in [0.05, 0.1) is 6.61 Å². The number of benzene rings is 1. The zero-order valence-corrected chi connectivity index (χ0v) is 15.4. The lowest BCUT2D eigenvalue weighted by molar-refractivity contribution is 0.356. The molecule has 0 bridgehead atoms. The molecule has 0 saturated carbocycles. The van der Waals surface area contributed by atoms with E-state index in [4.69, 9.17) is 4.74 Å². The lowest BCUT2D eigenvalue weighted by Gasteiger charge is -2.15. The summed E-state index contributed by atoms with van der Waals surface area (Å²) in [4.78, 5) is 9.02. The molecular weight excluding hydrogens is 326 g/mol. The van der Waals surface area contributed by atoms with Gasteiger partial charge in [-0.2, -0.15) is 4.98 Å². The van der Waals surface area contributed by atoms with Crippen molar-refractivity contribution in [2.24, 2.45) is 0 Å². The Bertz CT molecular complexity index is 846. The second-order valence-corrected chi connectivity index (χ2v) is 6.74. The number of anilines is 3. The highest BCUT2D eigenvalue weighted by molar-refractivity contribution is 5.77. The van der Waals surface area contributed by atoms with Crippen molar-refractivity contribution in [2.45, 2.75) is 26.2 Å². The number of ether oxygens (including phenoxy) is 1. The van der Waals surface area contributed by atoms with Crippen LogP contribution in [-0.2, 0) is 6.42 Å². The molecule has 2 aliphatic heterocycles. The summed E-state index contributed by atoms with van der Waals surface area (Å²) in [5.74, 6) is 2.46. The molecule has 136 valence electrons. The molecule has 0 atom stereocenters. The van der Waals surface area contributed by atoms with Crippen LogP contribution in [0.4, 0.5) is 17.5 Å². The van der Waals surface area contributed by atoms with E-state index in [1.807, 2.05) is 20.0 Å². The fraction of sp³-hybridized carbons (Fsp3) is 0.400. The number of aromatic nitrogens is 2. The second-order valence-electron chi connectivity index (χ2n) is 6.74. The molecular formula is C20H25N5O. The number of hydrogen-bond acceptors (Lipinski definition) is 6. The second kappa shape index (κ2) is 7.33. The van der Waals surface area contributed by atoms with Gasteiger partial charge in [0.25, 0.3) is 0 Å². The van der Waals surface area contributed by atoms with Gasteiger partial charge in [-0.1, -0.05) is 6.08 Å². The Morgan fingerprint density at radius 2 is 2.08 bits per heavy atom. The van der Waals surface area contributed by atoms with Crippen LogP contribution in [-0.4, -0.2) is 36.7 Å². The van der Waals surface area contributed by atoms with Gasteiger partial charge in [-0.05, 0) is 44.0 Å². The first-order valence-corrected chi connectivity index (χ1v) is 9.23. The summed E-state index contributed by atoms with van der Waals surface area (Å²) in [6, 6.07) is 6.26. The molecule has 0 saturated heterocycles. The zero-order chi connectivity index (χ0) is 17.9. The van der Waals surface area contributed by atoms with Gasteiger partial charge in [0.1, 0.15) is 11.6 Å². The molecule has 0 aliphatic carbocycles. The van der Waals surface area contributed by atoms with Gasteiger partial charge in [-0.15, -0.1) is 0 Å². The molecule has 26 heavy (non-hydrogen) atoms. The predicted octanol–water partition coefficient (Wildman–Crippen LogP) is 3.27. The van der Waals surface area contributed by atoms with E-state index in [1.54, 1.807) is 0 Å². The van der Waals surface area contributed by atoms with E-state index in [9.17, 15) is 0 Å². The van der Waals surface area contributed by atoms with Gasteiger partial charge >= 0.3 is 0 Å². The standard InChI is InChI=1S/C20H25N5O/c1-13-10-18(21-2)25-20(23-13)24-16-11-15-6-9-26-19(15)17(12-16)14-4-3-7-22-8-5-14/h5,10-12,22H,3-4,6-9H2,1-2H3,(H2,21,23,24,25). The molecule has 1 aromatic carbocycles. The molecule has 1 aromatic heterocycles. The summed E-state index contributed by atoms with van der Waals surface area (Å²) < 4.78 is 5.95. The van der Waals surface area contributed by atoms with Crippen LogP contribution in [0.5, 0.6) is 5.75 Å². The third-order valence-corrected chi connectivity index (χ3v) is 4.79. The summed E-state index contributed by atoms with van der Waals surface area (Å²) in [6.45, 7) is 4.69. The molecule has 4 rings (SSSR count). The molecule has 3 heterocycles. The van der Waals surface area contributed by atoms with Crippen LogP contribution in [0.25, 0.3) is 5.57 Å². The lowest BCUT2D eigenvalue weighted by atomic mass is 9.97. The van der Waals surface area contributed by atoms with E-state index in [0.717, 1.165) is 61.9 Å². The Balaban J connectivity index is 1.70. The average Bonchev–Trinajstić information content (AvgIpc) is 2.93. The highest BCUT2D eigenvalue weighted by Gasteiger charge is 2.21. The van der Waals surface area contributed by atoms with Gasteiger partial charge in [-0.3, -0.25) is 0 Å². The van der Waals surface area contributed by atoms with Gasteiger partial charge in [0.2, 0.25) is 5.95 Å². The maximum atomic E-state index is 5.95. The van der Waals surface area contributed by atoms with E-state index in [2.05, 4.69) is 44.1 Å². The summed E-state index contributed by atoms with van der Waals surface area (Å²) in [5.41, 5.74) is 5.75. The molecule has 0 spiro atoms. The van der Waals surface area contributed by atoms with E-state index < -0.39 is 0 Å². The Labute approximate surface area is 154 Å². The zero-order valence-electron chi connectivity index (χ0n) is 15.4. The molecule has 0 amide bonds. The van der Waals surface area contributed by atoms with Crippen molar-refractivity contribution in [1.82, 2.24) is 15.3 Å². The summed E-state index contributed by atoms with van der Waals surface area (Å²) in [5, 5.41) is 9.89. The van der Waals surface area contributed by atoms with Crippen molar-refractivity contribution >= 4 is 23.0 Å². The molecule has 6 nitrogen and oxygen atoms in total. The first kappa shape index (κ1) is 16.8. The van der Waals surface area contributed by atoms with Gasteiger partial charge in [0, 0.05) is 48.6 Å². The van der Waals surface area contributed by atoms with Gasteiger partial charge in [-0.25, -0.2) is 4.98 Å². The molecule has 0 radical (unpaired) electrons. The van der Waals surface area contributed by atoms with Gasteiger partial charge in [0.15, 0.2) is 0 Å². The third-order valence-electron chi connectivity index (χ3n) is 4.79. The van der Waals surface area contributed by atoms with Crippen LogP contribution in [0.3, 0.4) is 0 Å². The fourth-order valence-corrected chi connectivity index (χ4v) is 3.55. The maximum Gasteiger partial charge on any atom is 0.229 e. The predicted molar refractivity (Wildman–Crippen MR) is 105 cm³/mol. The molecule has 0 unspecified atom stereocenters. The van der Waals surface area contributed by atoms with Crippen LogP contribution in [0, 0.1) is 6.92 Å². The Hall–Kier alpha value is -2.60. The minimum atomic E-state index is 0.607. The first-order valence-electron chi connectivity index (χ1n) is 9.23. The number of rotatable bonds is 4. The summed E-state index contributed by atoms with van der Waals surface area (Å²) in [7, 11) is 1.86. The number of nitrogens with one attached hydrogen (secondary N) is 3. The highest BCUT2D eigenvalue weighted by atomic mass is 16.5. The largest absolute Gasteiger partial charge is 0.492 e. The van der Waals surface area contributed by atoms with E-state index in [0.29, 0.717) is 5.95 Å². The van der Waals surface area contributed by atoms with Gasteiger partial charge < -0.3 is 20.7 Å². The third kappa shape index (κ3) is 3.51. The molecule has 2 aromatic rings. The molecule has 0 fully saturated rings. The van der Waals surface area contributed by atoms with Crippen LogP contribution in [0.2, 0.25) is 0 Å². The Kier molecular flexibility index (Phi) is 4.75. The number of allylic oxidation sites excluding steroid dienone is 1. The Morgan fingerprint density at radius 1 is 1.15 bits per heavy atom. The van der Waals surface area contributed by atoms with E-state index in [1.165, 1.54) is 16.7 Å². The van der Waals surface area contributed by atoms with Crippen molar-refractivity contribution in [1.29, 1.82) is 0 Å². The molecule has 3 N–H and O–H groups in total. The first-order chi connectivity index (χ1) is 12.7. The van der Waals surface area contributed by atoms with Crippen molar-refractivity contribution in [3.63, 3.8) is 0 Å². The summed E-state index contributed by atoms with van der Waals surface area (Å²) >= 11 is 0. The number of nitrogens with zero attached hydrogens (tertiary/aromatic N) is 2. The lowest BCUT2D eigenvalue weighted by Crippen LogP contribution is -2.12.